The van der Waals surface area contributed by atoms with E-state index in [1.165, 1.54) is 55.6 Å². The fourth-order valence-corrected chi connectivity index (χ4v) is 7.39. The Morgan fingerprint density at radius 1 is 0.295 bits per heavy atom. The second-order valence-electron chi connectivity index (χ2n) is 11.6. The first-order chi connectivity index (χ1) is 21.8. The van der Waals surface area contributed by atoms with E-state index in [0.29, 0.717) is 0 Å². The zero-order valence-corrected chi connectivity index (χ0v) is 23.7. The lowest BCUT2D eigenvalue weighted by Crippen LogP contribution is -1.99. The van der Waals surface area contributed by atoms with Crippen LogP contribution in [0, 0.1) is 0 Å². The zero-order chi connectivity index (χ0) is 28.8. The number of furan rings is 2. The van der Waals surface area contributed by atoms with Crippen LogP contribution in [0.2, 0.25) is 0 Å². The lowest BCUT2D eigenvalue weighted by Gasteiger charge is -2.25. The van der Waals surface area contributed by atoms with Crippen LogP contribution in [0.1, 0.15) is 0 Å². The first-order valence-corrected chi connectivity index (χ1v) is 15.0. The Balaban J connectivity index is 1.34. The number of para-hydroxylation sites is 2. The maximum absolute atomic E-state index is 6.39. The Labute approximate surface area is 253 Å². The van der Waals surface area contributed by atoms with E-state index in [1.807, 2.05) is 18.2 Å². The Morgan fingerprint density at radius 3 is 1.61 bits per heavy atom. The van der Waals surface area contributed by atoms with Gasteiger partial charge in [-0.2, -0.15) is 0 Å². The van der Waals surface area contributed by atoms with Gasteiger partial charge in [-0.05, 0) is 86.5 Å². The van der Waals surface area contributed by atoms with E-state index in [4.69, 9.17) is 8.83 Å². The second-order valence-corrected chi connectivity index (χ2v) is 11.6. The summed E-state index contributed by atoms with van der Waals surface area (Å²) in [6.45, 7) is 0. The van der Waals surface area contributed by atoms with Crippen LogP contribution in [-0.4, -0.2) is 0 Å². The number of fused-ring (bicyclic) bond motifs is 15. The van der Waals surface area contributed by atoms with Gasteiger partial charge < -0.3 is 8.83 Å². The molecule has 0 radical (unpaired) electrons. The lowest BCUT2D eigenvalue weighted by atomic mass is 9.77. The van der Waals surface area contributed by atoms with E-state index < -0.39 is 0 Å². The summed E-state index contributed by atoms with van der Waals surface area (Å²) in [5.74, 6) is 0. The first-order valence-electron chi connectivity index (χ1n) is 15.0. The molecule has 0 saturated heterocycles. The third-order valence-corrected chi connectivity index (χ3v) is 9.27. The molecule has 0 atom stereocenters. The predicted octanol–water partition coefficient (Wildman–Crippen LogP) is 12.1. The van der Waals surface area contributed by atoms with E-state index in [1.54, 1.807) is 0 Å². The first kappa shape index (κ1) is 23.7. The molecule has 0 unspecified atom stereocenters. The number of benzene rings is 7. The summed E-state index contributed by atoms with van der Waals surface area (Å²) in [6, 6.07) is 52.1. The van der Waals surface area contributed by atoms with Crippen molar-refractivity contribution in [3.63, 3.8) is 0 Å². The van der Waals surface area contributed by atoms with Gasteiger partial charge in [-0.15, -0.1) is 0 Å². The molecule has 0 aliphatic heterocycles. The van der Waals surface area contributed by atoms with E-state index >= 15 is 0 Å². The maximum Gasteiger partial charge on any atom is 0.136 e. The van der Waals surface area contributed by atoms with Crippen LogP contribution in [-0.2, 0) is 0 Å². The molecule has 0 saturated carbocycles. The third-order valence-electron chi connectivity index (χ3n) is 9.27. The highest BCUT2D eigenvalue weighted by molar-refractivity contribution is 6.19. The van der Waals surface area contributed by atoms with Gasteiger partial charge in [0.15, 0.2) is 0 Å². The molecule has 10 rings (SSSR count). The molecule has 0 amide bonds. The summed E-state index contributed by atoms with van der Waals surface area (Å²) < 4.78 is 12.6. The van der Waals surface area contributed by atoms with Crippen LogP contribution in [0.25, 0.3) is 99.5 Å². The molecule has 0 N–H and O–H groups in total. The number of rotatable bonds is 1. The van der Waals surface area contributed by atoms with Crippen molar-refractivity contribution in [3.05, 3.63) is 146 Å². The SMILES string of the molecule is c1ccc2c(c1)-c1ccc3oc4ccccc4c3c1-c1ccccc1-c1cccc(-c3ccc4oc5ccccc5c4c3)c1-2. The number of hydrogen-bond donors (Lipinski definition) is 0. The second kappa shape index (κ2) is 8.82. The standard InChI is InChI=1S/C42H24O2/c1-3-13-30-28(11-1)33-21-23-39-42(34-15-6-8-19-37(34)44-39)41(33)32-14-4-2-10-27(32)31-17-9-16-26(40(30)31)25-20-22-38-35(24-25)29-12-5-7-18-36(29)43-38/h1-24H. The average Bonchev–Trinajstić information content (AvgIpc) is 3.65. The van der Waals surface area contributed by atoms with Crippen LogP contribution >= 0.6 is 0 Å². The van der Waals surface area contributed by atoms with E-state index in [0.717, 1.165) is 43.9 Å². The molecule has 0 fully saturated rings. The van der Waals surface area contributed by atoms with Crippen molar-refractivity contribution in [2.75, 3.05) is 0 Å². The Bertz CT molecular complexity index is 2610. The van der Waals surface area contributed by atoms with Gasteiger partial charge in [-0.3, -0.25) is 0 Å². The Hall–Kier alpha value is -5.86. The maximum atomic E-state index is 6.39. The summed E-state index contributed by atoms with van der Waals surface area (Å²) in [7, 11) is 0. The molecule has 0 bridgehead atoms. The summed E-state index contributed by atoms with van der Waals surface area (Å²) in [6.07, 6.45) is 0. The van der Waals surface area contributed by atoms with Crippen molar-refractivity contribution < 1.29 is 8.83 Å². The van der Waals surface area contributed by atoms with Gasteiger partial charge in [0.25, 0.3) is 0 Å². The monoisotopic (exact) mass is 560 g/mol. The molecular weight excluding hydrogens is 536 g/mol. The van der Waals surface area contributed by atoms with Gasteiger partial charge in [-0.1, -0.05) is 109 Å². The normalized spacial score (nSPS) is 12.1. The van der Waals surface area contributed by atoms with Crippen LogP contribution in [0.5, 0.6) is 0 Å². The minimum absolute atomic E-state index is 0.907. The molecule has 44 heavy (non-hydrogen) atoms. The topological polar surface area (TPSA) is 26.3 Å². The van der Waals surface area contributed by atoms with Gasteiger partial charge in [-0.25, -0.2) is 0 Å². The molecule has 9 aromatic rings. The third kappa shape index (κ3) is 3.20. The van der Waals surface area contributed by atoms with Gasteiger partial charge >= 0.3 is 0 Å². The molecule has 1 aliphatic carbocycles. The fraction of sp³-hybridized carbons (Fsp3) is 0. The Morgan fingerprint density at radius 2 is 0.818 bits per heavy atom. The van der Waals surface area contributed by atoms with Gasteiger partial charge in [0, 0.05) is 27.1 Å². The summed E-state index contributed by atoms with van der Waals surface area (Å²) >= 11 is 0. The average molecular weight is 561 g/mol. The van der Waals surface area contributed by atoms with Crippen molar-refractivity contribution in [2.45, 2.75) is 0 Å². The lowest BCUT2D eigenvalue weighted by molar-refractivity contribution is 0.668. The molecular formula is C42H24O2. The zero-order valence-electron chi connectivity index (χ0n) is 23.7. The number of hydrogen-bond acceptors (Lipinski definition) is 2. The quantitative estimate of drug-likeness (QED) is 0.200. The fourth-order valence-electron chi connectivity index (χ4n) is 7.39. The minimum atomic E-state index is 0.907. The van der Waals surface area contributed by atoms with Crippen LogP contribution in [0.3, 0.4) is 0 Å². The van der Waals surface area contributed by atoms with E-state index in [2.05, 4.69) is 127 Å². The molecule has 2 aromatic heterocycles. The highest BCUT2D eigenvalue weighted by atomic mass is 16.3. The minimum Gasteiger partial charge on any atom is -0.456 e. The van der Waals surface area contributed by atoms with Crippen LogP contribution in [0.15, 0.2) is 154 Å². The molecule has 2 heterocycles. The van der Waals surface area contributed by atoms with Gasteiger partial charge in [0.2, 0.25) is 0 Å². The van der Waals surface area contributed by atoms with Crippen molar-refractivity contribution in [1.29, 1.82) is 0 Å². The van der Waals surface area contributed by atoms with E-state index in [-0.39, 0.29) is 0 Å². The molecule has 204 valence electrons. The summed E-state index contributed by atoms with van der Waals surface area (Å²) in [5.41, 5.74) is 15.8. The largest absolute Gasteiger partial charge is 0.456 e. The van der Waals surface area contributed by atoms with Crippen molar-refractivity contribution >= 4 is 43.9 Å². The van der Waals surface area contributed by atoms with Crippen LogP contribution in [0.4, 0.5) is 0 Å². The highest BCUT2D eigenvalue weighted by Crippen LogP contribution is 2.53. The van der Waals surface area contributed by atoms with Gasteiger partial charge in [0.1, 0.15) is 22.3 Å². The van der Waals surface area contributed by atoms with Crippen LogP contribution < -0.4 is 0 Å². The molecule has 0 spiro atoms. The smallest absolute Gasteiger partial charge is 0.136 e. The van der Waals surface area contributed by atoms with Crippen molar-refractivity contribution in [3.8, 4) is 55.6 Å². The predicted molar refractivity (Wildman–Crippen MR) is 182 cm³/mol. The molecule has 2 nitrogen and oxygen atoms in total. The molecule has 7 aromatic carbocycles. The molecule has 2 heteroatoms. The Kier molecular flexibility index (Phi) is 4.75. The van der Waals surface area contributed by atoms with E-state index in [9.17, 15) is 0 Å². The summed E-state index contributed by atoms with van der Waals surface area (Å²) in [5, 5.41) is 4.58. The van der Waals surface area contributed by atoms with Gasteiger partial charge in [0.05, 0.1) is 0 Å². The molecule has 1 aliphatic rings. The summed E-state index contributed by atoms with van der Waals surface area (Å²) in [4.78, 5) is 0. The highest BCUT2D eigenvalue weighted by Gasteiger charge is 2.27. The van der Waals surface area contributed by atoms with Crippen molar-refractivity contribution in [2.24, 2.45) is 0 Å². The van der Waals surface area contributed by atoms with Crippen molar-refractivity contribution in [1.82, 2.24) is 0 Å².